The van der Waals surface area contributed by atoms with Crippen molar-refractivity contribution in [2.24, 2.45) is 0 Å². The molecule has 0 saturated carbocycles. The van der Waals surface area contributed by atoms with Gasteiger partial charge in [0.2, 0.25) is 0 Å². The van der Waals surface area contributed by atoms with Gasteiger partial charge in [-0.3, -0.25) is 14.9 Å². The Labute approximate surface area is 107 Å². The largest absolute Gasteiger partial charge is 0.466 e. The van der Waals surface area contributed by atoms with Gasteiger partial charge in [0.15, 0.2) is 0 Å². The molecule has 0 spiro atoms. The Balaban J connectivity index is 3.14. The number of hydrogen-bond acceptors (Lipinski definition) is 4. The number of carbonyl (C=O) groups excluding carboxylic acids is 1. The first-order chi connectivity index (χ1) is 7.97. The van der Waals surface area contributed by atoms with Crippen LogP contribution >= 0.6 is 15.9 Å². The van der Waals surface area contributed by atoms with E-state index in [1.807, 2.05) is 0 Å². The predicted octanol–water partition coefficient (Wildman–Crippen LogP) is 3.02. The van der Waals surface area contributed by atoms with E-state index in [-0.39, 0.29) is 12.3 Å². The average Bonchev–Trinajstić information content (AvgIpc) is 2.27. The molecule has 0 aliphatic carbocycles. The third kappa shape index (κ3) is 3.26. The third-order valence-corrected chi connectivity index (χ3v) is 2.79. The average molecular weight is 302 g/mol. The van der Waals surface area contributed by atoms with Crippen molar-refractivity contribution in [2.45, 2.75) is 19.8 Å². The van der Waals surface area contributed by atoms with E-state index in [9.17, 15) is 14.9 Å². The van der Waals surface area contributed by atoms with Crippen molar-refractivity contribution in [3.63, 3.8) is 0 Å². The van der Waals surface area contributed by atoms with E-state index >= 15 is 0 Å². The molecule has 5 nitrogen and oxygen atoms in total. The lowest BCUT2D eigenvalue weighted by Crippen LogP contribution is -2.14. The van der Waals surface area contributed by atoms with Gasteiger partial charge in [0.05, 0.1) is 17.4 Å². The lowest BCUT2D eigenvalue weighted by molar-refractivity contribution is -0.385. The van der Waals surface area contributed by atoms with Crippen LogP contribution in [0.25, 0.3) is 0 Å². The Morgan fingerprint density at radius 3 is 2.76 bits per heavy atom. The minimum Gasteiger partial charge on any atom is -0.466 e. The van der Waals surface area contributed by atoms with Crippen molar-refractivity contribution in [3.8, 4) is 0 Å². The summed E-state index contributed by atoms with van der Waals surface area (Å²) in [7, 11) is 0. The molecule has 0 radical (unpaired) electrons. The highest BCUT2D eigenvalue weighted by molar-refractivity contribution is 9.10. The number of esters is 1. The zero-order chi connectivity index (χ0) is 13.0. The van der Waals surface area contributed by atoms with E-state index in [4.69, 9.17) is 4.74 Å². The molecule has 0 aliphatic heterocycles. The molecule has 0 N–H and O–H groups in total. The first-order valence-corrected chi connectivity index (χ1v) is 5.87. The molecule has 1 aromatic rings. The molecule has 92 valence electrons. The summed E-state index contributed by atoms with van der Waals surface area (Å²) in [5, 5.41) is 10.9. The van der Waals surface area contributed by atoms with Crippen LogP contribution in [0.4, 0.5) is 5.69 Å². The number of carbonyl (C=O) groups is 1. The molecule has 0 fully saturated rings. The second-order valence-electron chi connectivity index (χ2n) is 3.43. The van der Waals surface area contributed by atoms with E-state index in [2.05, 4.69) is 15.9 Å². The maximum Gasteiger partial charge on any atom is 0.313 e. The fraction of sp³-hybridized carbons (Fsp3) is 0.364. The third-order valence-electron chi connectivity index (χ3n) is 2.29. The van der Waals surface area contributed by atoms with E-state index in [1.54, 1.807) is 26.0 Å². The van der Waals surface area contributed by atoms with Gasteiger partial charge in [-0.15, -0.1) is 0 Å². The van der Waals surface area contributed by atoms with Crippen LogP contribution in [-0.4, -0.2) is 17.5 Å². The molecule has 1 unspecified atom stereocenters. The summed E-state index contributed by atoms with van der Waals surface area (Å²) in [5.41, 5.74) is 0.275. The first-order valence-electron chi connectivity index (χ1n) is 5.07. The maximum absolute atomic E-state index is 11.6. The topological polar surface area (TPSA) is 69.4 Å². The van der Waals surface area contributed by atoms with E-state index in [0.29, 0.717) is 10.0 Å². The SMILES string of the molecule is CCOC(=O)C(C)c1cc(Br)ccc1[N+](=O)[O-]. The van der Waals surface area contributed by atoms with Crippen LogP contribution in [0.1, 0.15) is 25.3 Å². The number of hydrogen-bond donors (Lipinski definition) is 0. The summed E-state index contributed by atoms with van der Waals surface area (Å²) < 4.78 is 5.54. The van der Waals surface area contributed by atoms with Gasteiger partial charge in [-0.1, -0.05) is 15.9 Å². The molecule has 1 atom stereocenters. The van der Waals surface area contributed by atoms with Gasteiger partial charge < -0.3 is 4.74 Å². The van der Waals surface area contributed by atoms with E-state index in [1.165, 1.54) is 6.07 Å². The molecule has 0 aromatic heterocycles. The molecule has 0 saturated heterocycles. The van der Waals surface area contributed by atoms with Crippen LogP contribution in [0, 0.1) is 10.1 Å². The van der Waals surface area contributed by atoms with Crippen molar-refractivity contribution in [1.82, 2.24) is 0 Å². The predicted molar refractivity (Wildman–Crippen MR) is 65.8 cm³/mol. The van der Waals surface area contributed by atoms with Gasteiger partial charge in [-0.05, 0) is 26.0 Å². The molecule has 1 rings (SSSR count). The molecule has 0 aliphatic rings. The van der Waals surface area contributed by atoms with Gasteiger partial charge in [0.25, 0.3) is 5.69 Å². The van der Waals surface area contributed by atoms with Gasteiger partial charge in [-0.25, -0.2) is 0 Å². The zero-order valence-electron chi connectivity index (χ0n) is 9.47. The van der Waals surface area contributed by atoms with Crippen molar-refractivity contribution in [1.29, 1.82) is 0 Å². The van der Waals surface area contributed by atoms with Crippen LogP contribution < -0.4 is 0 Å². The molecular weight excluding hydrogens is 290 g/mol. The van der Waals surface area contributed by atoms with Crippen molar-refractivity contribution in [2.75, 3.05) is 6.61 Å². The van der Waals surface area contributed by atoms with Crippen LogP contribution in [0.15, 0.2) is 22.7 Å². The molecular formula is C11H12BrNO4. The standard InChI is InChI=1S/C11H12BrNO4/c1-3-17-11(14)7(2)9-6-8(12)4-5-10(9)13(15)16/h4-7H,3H2,1-2H3. The zero-order valence-corrected chi connectivity index (χ0v) is 11.1. The maximum atomic E-state index is 11.6. The van der Waals surface area contributed by atoms with Crippen molar-refractivity contribution >= 4 is 27.6 Å². The number of rotatable bonds is 4. The number of nitrogens with zero attached hydrogens (tertiary/aromatic N) is 1. The summed E-state index contributed by atoms with van der Waals surface area (Å²) in [5.74, 6) is -1.12. The Kier molecular flexibility index (Phi) is 4.62. The molecule has 1 aromatic carbocycles. The minimum absolute atomic E-state index is 0.0752. The van der Waals surface area contributed by atoms with Crippen molar-refractivity contribution < 1.29 is 14.5 Å². The number of halogens is 1. The van der Waals surface area contributed by atoms with E-state index < -0.39 is 16.8 Å². The van der Waals surface area contributed by atoms with Gasteiger partial charge in [0.1, 0.15) is 0 Å². The first kappa shape index (κ1) is 13.6. The molecule has 6 heteroatoms. The molecule has 0 amide bonds. The van der Waals surface area contributed by atoms with Gasteiger partial charge in [0, 0.05) is 16.1 Å². The quantitative estimate of drug-likeness (QED) is 0.487. The summed E-state index contributed by atoms with van der Waals surface area (Å²) in [6.07, 6.45) is 0. The van der Waals surface area contributed by atoms with Gasteiger partial charge in [-0.2, -0.15) is 0 Å². The highest BCUT2D eigenvalue weighted by atomic mass is 79.9. The molecule has 0 bridgehead atoms. The number of ether oxygens (including phenoxy) is 1. The molecule has 0 heterocycles. The summed E-state index contributed by atoms with van der Waals surface area (Å²) in [6.45, 7) is 3.54. The molecule has 17 heavy (non-hydrogen) atoms. The Hall–Kier alpha value is -1.43. The number of benzene rings is 1. The van der Waals surface area contributed by atoms with Crippen molar-refractivity contribution in [3.05, 3.63) is 38.3 Å². The fourth-order valence-corrected chi connectivity index (χ4v) is 1.81. The van der Waals surface area contributed by atoms with Crippen LogP contribution in [0.2, 0.25) is 0 Å². The minimum atomic E-state index is -0.659. The number of nitro benzene ring substituents is 1. The van der Waals surface area contributed by atoms with Crippen LogP contribution in [-0.2, 0) is 9.53 Å². The highest BCUT2D eigenvalue weighted by Crippen LogP contribution is 2.30. The van der Waals surface area contributed by atoms with Gasteiger partial charge >= 0.3 is 5.97 Å². The summed E-state index contributed by atoms with van der Waals surface area (Å²) in [6, 6.07) is 4.51. The van der Waals surface area contributed by atoms with Crippen LogP contribution in [0.3, 0.4) is 0 Å². The lowest BCUT2D eigenvalue weighted by atomic mass is 9.99. The Morgan fingerprint density at radius 2 is 2.24 bits per heavy atom. The highest BCUT2D eigenvalue weighted by Gasteiger charge is 2.25. The number of nitro groups is 1. The Bertz CT molecular complexity index is 447. The van der Waals surface area contributed by atoms with Crippen LogP contribution in [0.5, 0.6) is 0 Å². The summed E-state index contributed by atoms with van der Waals surface area (Å²) >= 11 is 3.23. The summed E-state index contributed by atoms with van der Waals surface area (Å²) in [4.78, 5) is 21.9. The van der Waals surface area contributed by atoms with E-state index in [0.717, 1.165) is 0 Å². The normalized spacial score (nSPS) is 11.9. The monoisotopic (exact) mass is 301 g/mol. The smallest absolute Gasteiger partial charge is 0.313 e. The lowest BCUT2D eigenvalue weighted by Gasteiger charge is -2.11. The Morgan fingerprint density at radius 1 is 1.59 bits per heavy atom. The fourth-order valence-electron chi connectivity index (χ4n) is 1.43. The second-order valence-corrected chi connectivity index (χ2v) is 4.35. The second kappa shape index (κ2) is 5.77.